The highest BCUT2D eigenvalue weighted by atomic mass is 16.5. The number of ether oxygens (including phenoxy) is 1. The van der Waals surface area contributed by atoms with Gasteiger partial charge in [0.25, 0.3) is 0 Å². The van der Waals surface area contributed by atoms with Gasteiger partial charge in [-0.25, -0.2) is 0 Å². The van der Waals surface area contributed by atoms with Crippen LogP contribution >= 0.6 is 0 Å². The lowest BCUT2D eigenvalue weighted by Gasteiger charge is -2.39. The predicted octanol–water partition coefficient (Wildman–Crippen LogP) is 1.82. The van der Waals surface area contributed by atoms with Gasteiger partial charge in [0.2, 0.25) is 11.8 Å². The second-order valence-electron chi connectivity index (χ2n) is 7.96. The molecule has 1 saturated carbocycles. The van der Waals surface area contributed by atoms with E-state index in [4.69, 9.17) is 10.5 Å². The molecule has 0 spiro atoms. The molecular formula is C22H33N3O3. The summed E-state index contributed by atoms with van der Waals surface area (Å²) in [5, 5.41) is 0. The first kappa shape index (κ1) is 20.8. The molecule has 0 aromatic heterocycles. The quantitative estimate of drug-likeness (QED) is 0.774. The van der Waals surface area contributed by atoms with E-state index in [1.54, 1.807) is 4.90 Å². The Labute approximate surface area is 168 Å². The van der Waals surface area contributed by atoms with Crippen molar-refractivity contribution in [2.24, 2.45) is 11.7 Å². The van der Waals surface area contributed by atoms with E-state index in [2.05, 4.69) is 19.1 Å². The number of piperazine rings is 1. The van der Waals surface area contributed by atoms with E-state index in [0.29, 0.717) is 32.7 Å². The van der Waals surface area contributed by atoms with Crippen LogP contribution in [0.15, 0.2) is 30.3 Å². The minimum atomic E-state index is -0.0784. The smallest absolute Gasteiger partial charge is 0.242 e. The number of amides is 2. The fourth-order valence-electron chi connectivity index (χ4n) is 4.14. The first-order valence-corrected chi connectivity index (χ1v) is 10.6. The molecule has 6 heteroatoms. The average Bonchev–Trinajstić information content (AvgIpc) is 2.72. The molecule has 0 unspecified atom stereocenters. The average molecular weight is 388 g/mol. The van der Waals surface area contributed by atoms with Crippen LogP contribution in [0.1, 0.15) is 38.2 Å². The van der Waals surface area contributed by atoms with Crippen molar-refractivity contribution in [1.82, 2.24) is 9.80 Å². The van der Waals surface area contributed by atoms with E-state index in [9.17, 15) is 9.59 Å². The molecule has 1 aromatic carbocycles. The minimum Gasteiger partial charge on any atom is -0.377 e. The van der Waals surface area contributed by atoms with Crippen LogP contribution < -0.4 is 5.73 Å². The number of hydrogen-bond donors (Lipinski definition) is 1. The van der Waals surface area contributed by atoms with E-state index < -0.39 is 0 Å². The minimum absolute atomic E-state index is 0.00654. The van der Waals surface area contributed by atoms with E-state index in [-0.39, 0.29) is 36.4 Å². The van der Waals surface area contributed by atoms with Crippen molar-refractivity contribution < 1.29 is 14.3 Å². The lowest BCUT2D eigenvalue weighted by Crippen LogP contribution is -2.55. The summed E-state index contributed by atoms with van der Waals surface area (Å²) >= 11 is 0. The van der Waals surface area contributed by atoms with Crippen LogP contribution in [0.5, 0.6) is 0 Å². The summed E-state index contributed by atoms with van der Waals surface area (Å²) in [7, 11) is 0. The molecule has 1 aliphatic heterocycles. The summed E-state index contributed by atoms with van der Waals surface area (Å²) in [6, 6.07) is 10.2. The van der Waals surface area contributed by atoms with Crippen molar-refractivity contribution in [2.45, 2.75) is 51.2 Å². The maximum Gasteiger partial charge on any atom is 0.242 e. The SMILES string of the molecule is CCCO[C@@H]1C[C@@H](C(=O)N2CCN(CCc3ccccc3)C(=O)C2)CC[C@H]1N. The predicted molar refractivity (Wildman–Crippen MR) is 109 cm³/mol. The molecule has 154 valence electrons. The van der Waals surface area contributed by atoms with Crippen molar-refractivity contribution in [2.75, 3.05) is 32.8 Å². The molecule has 3 atom stereocenters. The Morgan fingerprint density at radius 3 is 2.71 bits per heavy atom. The topological polar surface area (TPSA) is 75.9 Å². The van der Waals surface area contributed by atoms with Crippen LogP contribution in [-0.4, -0.2) is 66.5 Å². The van der Waals surface area contributed by atoms with Gasteiger partial charge in [-0.15, -0.1) is 0 Å². The Balaban J connectivity index is 1.49. The van der Waals surface area contributed by atoms with Crippen molar-refractivity contribution in [3.63, 3.8) is 0 Å². The highest BCUT2D eigenvalue weighted by Gasteiger charge is 2.36. The Morgan fingerprint density at radius 2 is 2.00 bits per heavy atom. The molecule has 2 N–H and O–H groups in total. The molecule has 1 saturated heterocycles. The zero-order chi connectivity index (χ0) is 19.9. The molecular weight excluding hydrogens is 354 g/mol. The molecule has 28 heavy (non-hydrogen) atoms. The Hall–Kier alpha value is -1.92. The van der Waals surface area contributed by atoms with Crippen LogP contribution in [-0.2, 0) is 20.7 Å². The van der Waals surface area contributed by atoms with Crippen LogP contribution in [0.3, 0.4) is 0 Å². The van der Waals surface area contributed by atoms with Crippen LogP contribution in [0.2, 0.25) is 0 Å². The van der Waals surface area contributed by atoms with Gasteiger partial charge in [0.15, 0.2) is 0 Å². The molecule has 2 aliphatic rings. The van der Waals surface area contributed by atoms with Crippen molar-refractivity contribution in [3.05, 3.63) is 35.9 Å². The van der Waals surface area contributed by atoms with Crippen molar-refractivity contribution >= 4 is 11.8 Å². The zero-order valence-electron chi connectivity index (χ0n) is 16.9. The molecule has 0 bridgehead atoms. The summed E-state index contributed by atoms with van der Waals surface area (Å²) < 4.78 is 5.85. The fourth-order valence-corrected chi connectivity index (χ4v) is 4.14. The van der Waals surface area contributed by atoms with E-state index in [0.717, 1.165) is 25.7 Å². The molecule has 0 radical (unpaired) electrons. The lowest BCUT2D eigenvalue weighted by atomic mass is 9.83. The van der Waals surface area contributed by atoms with Gasteiger partial charge in [-0.2, -0.15) is 0 Å². The number of rotatable bonds is 7. The highest BCUT2D eigenvalue weighted by Crippen LogP contribution is 2.28. The number of nitrogens with zero attached hydrogens (tertiary/aromatic N) is 2. The molecule has 1 aromatic rings. The number of nitrogens with two attached hydrogens (primary N) is 1. The number of carbonyl (C=O) groups excluding carboxylic acids is 2. The van der Waals surface area contributed by atoms with Gasteiger partial charge in [-0.3, -0.25) is 9.59 Å². The molecule has 3 rings (SSSR count). The molecule has 2 amide bonds. The van der Waals surface area contributed by atoms with E-state index in [1.807, 2.05) is 23.1 Å². The van der Waals surface area contributed by atoms with Crippen LogP contribution in [0, 0.1) is 5.92 Å². The van der Waals surface area contributed by atoms with Crippen molar-refractivity contribution in [1.29, 1.82) is 0 Å². The van der Waals surface area contributed by atoms with Crippen LogP contribution in [0.25, 0.3) is 0 Å². The van der Waals surface area contributed by atoms with Gasteiger partial charge >= 0.3 is 0 Å². The van der Waals surface area contributed by atoms with E-state index in [1.165, 1.54) is 5.56 Å². The summed E-state index contributed by atoms with van der Waals surface area (Å²) in [5.41, 5.74) is 7.40. The third-order valence-corrected chi connectivity index (χ3v) is 5.87. The van der Waals surface area contributed by atoms with Gasteiger partial charge < -0.3 is 20.3 Å². The first-order chi connectivity index (χ1) is 13.6. The second kappa shape index (κ2) is 10.0. The van der Waals surface area contributed by atoms with Crippen molar-refractivity contribution in [3.8, 4) is 0 Å². The van der Waals surface area contributed by atoms with Crippen LogP contribution in [0.4, 0.5) is 0 Å². The summed E-state index contributed by atoms with van der Waals surface area (Å²) in [6.45, 7) is 4.87. The summed E-state index contributed by atoms with van der Waals surface area (Å²) in [6.07, 6.45) is 4.00. The summed E-state index contributed by atoms with van der Waals surface area (Å²) in [4.78, 5) is 29.1. The Bertz CT molecular complexity index is 652. The summed E-state index contributed by atoms with van der Waals surface area (Å²) in [5.74, 6) is 0.0557. The zero-order valence-corrected chi connectivity index (χ0v) is 16.9. The van der Waals surface area contributed by atoms with Gasteiger partial charge in [0.05, 0.1) is 12.6 Å². The molecule has 1 heterocycles. The number of benzene rings is 1. The molecule has 6 nitrogen and oxygen atoms in total. The monoisotopic (exact) mass is 387 g/mol. The number of carbonyl (C=O) groups is 2. The molecule has 1 aliphatic carbocycles. The fraction of sp³-hybridized carbons (Fsp3) is 0.636. The van der Waals surface area contributed by atoms with E-state index >= 15 is 0 Å². The largest absolute Gasteiger partial charge is 0.377 e. The highest BCUT2D eigenvalue weighted by molar-refractivity contribution is 5.87. The maximum atomic E-state index is 13.0. The van der Waals surface area contributed by atoms with Gasteiger partial charge in [0, 0.05) is 38.2 Å². The Kier molecular flexibility index (Phi) is 7.45. The third kappa shape index (κ3) is 5.32. The second-order valence-corrected chi connectivity index (χ2v) is 7.96. The normalized spacial score (nSPS) is 25.8. The number of hydrogen-bond acceptors (Lipinski definition) is 4. The standard InChI is InChI=1S/C22H33N3O3/c1-2-14-28-20-15-18(8-9-19(20)23)22(27)25-13-12-24(21(26)16-25)11-10-17-6-4-3-5-7-17/h3-7,18-20H,2,8-16,23H2,1H3/t18-,19+,20+/m0/s1. The third-order valence-electron chi connectivity index (χ3n) is 5.87. The molecule has 2 fully saturated rings. The van der Waals surface area contributed by atoms with Gasteiger partial charge in [-0.1, -0.05) is 37.3 Å². The maximum absolute atomic E-state index is 13.0. The van der Waals surface area contributed by atoms with Gasteiger partial charge in [-0.05, 0) is 37.7 Å². The first-order valence-electron chi connectivity index (χ1n) is 10.6. The van der Waals surface area contributed by atoms with Gasteiger partial charge in [0.1, 0.15) is 0 Å². The lowest BCUT2D eigenvalue weighted by molar-refractivity contribution is -0.149. The Morgan fingerprint density at radius 1 is 1.21 bits per heavy atom.